The predicted molar refractivity (Wildman–Crippen MR) is 129 cm³/mol. The molecule has 164 valence electrons. The second-order valence-electron chi connectivity index (χ2n) is 8.11. The summed E-state index contributed by atoms with van der Waals surface area (Å²) in [7, 11) is 0. The van der Waals surface area contributed by atoms with Crippen molar-refractivity contribution in [2.24, 2.45) is 0 Å². The van der Waals surface area contributed by atoms with E-state index >= 15 is 0 Å². The van der Waals surface area contributed by atoms with Crippen molar-refractivity contribution in [1.82, 2.24) is 4.90 Å². The second kappa shape index (κ2) is 11.5. The number of anilines is 1. The van der Waals surface area contributed by atoms with Crippen LogP contribution in [-0.2, 0) is 4.74 Å². The van der Waals surface area contributed by atoms with Crippen LogP contribution in [0.4, 0.5) is 10.5 Å². The minimum absolute atomic E-state index is 0.380. The first-order valence-corrected chi connectivity index (χ1v) is 12.4. The van der Waals surface area contributed by atoms with E-state index in [1.54, 1.807) is 0 Å². The van der Waals surface area contributed by atoms with E-state index in [1.807, 2.05) is 23.5 Å². The zero-order valence-electron chi connectivity index (χ0n) is 18.7. The van der Waals surface area contributed by atoms with E-state index in [0.29, 0.717) is 12.5 Å². The minimum atomic E-state index is -0.380. The highest BCUT2D eigenvalue weighted by Gasteiger charge is 2.25. The first kappa shape index (κ1) is 22.8. The molecule has 1 aliphatic rings. The van der Waals surface area contributed by atoms with Crippen LogP contribution in [0.15, 0.2) is 35.7 Å². The van der Waals surface area contributed by atoms with Crippen molar-refractivity contribution < 1.29 is 9.53 Å². The lowest BCUT2D eigenvalue weighted by molar-refractivity contribution is 0.144. The molecular weight excluding hydrogens is 392 g/mol. The molecule has 1 saturated heterocycles. The van der Waals surface area contributed by atoms with Crippen molar-refractivity contribution in [2.75, 3.05) is 25.0 Å². The number of benzene rings is 1. The van der Waals surface area contributed by atoms with Crippen LogP contribution in [0.25, 0.3) is 10.1 Å². The summed E-state index contributed by atoms with van der Waals surface area (Å²) in [6.07, 6.45) is 10.4. The van der Waals surface area contributed by atoms with Gasteiger partial charge in [0.25, 0.3) is 0 Å². The molecule has 0 atom stereocenters. The molecule has 2 aromatic rings. The molecule has 1 aliphatic heterocycles. The number of hydrogen-bond donors (Lipinski definition) is 1. The highest BCUT2D eigenvalue weighted by atomic mass is 32.1. The maximum Gasteiger partial charge on any atom is 0.411 e. The van der Waals surface area contributed by atoms with Crippen LogP contribution in [-0.4, -0.2) is 36.7 Å². The molecule has 1 N–H and O–H groups in total. The lowest BCUT2D eigenvalue weighted by atomic mass is 9.88. The molecule has 1 aromatic heterocycles. The van der Waals surface area contributed by atoms with Gasteiger partial charge >= 0.3 is 6.09 Å². The molecule has 0 spiro atoms. The van der Waals surface area contributed by atoms with Crippen LogP contribution in [0.2, 0.25) is 0 Å². The zero-order valence-corrected chi connectivity index (χ0v) is 19.5. The third-order valence-corrected chi connectivity index (χ3v) is 7.18. The minimum Gasteiger partial charge on any atom is -0.449 e. The van der Waals surface area contributed by atoms with E-state index in [1.165, 1.54) is 54.4 Å². The smallest absolute Gasteiger partial charge is 0.411 e. The van der Waals surface area contributed by atoms with E-state index in [0.717, 1.165) is 24.6 Å². The van der Waals surface area contributed by atoms with Crippen molar-refractivity contribution in [3.05, 3.63) is 41.3 Å². The fourth-order valence-corrected chi connectivity index (χ4v) is 5.51. The molecule has 2 heterocycles. The lowest BCUT2D eigenvalue weighted by Gasteiger charge is -2.37. The van der Waals surface area contributed by atoms with E-state index in [4.69, 9.17) is 4.74 Å². The van der Waals surface area contributed by atoms with Crippen LogP contribution in [0, 0.1) is 0 Å². The van der Waals surface area contributed by atoms with Gasteiger partial charge in [-0.3, -0.25) is 5.32 Å². The van der Waals surface area contributed by atoms with Gasteiger partial charge in [0.2, 0.25) is 0 Å². The number of thiophene rings is 1. The van der Waals surface area contributed by atoms with Crippen LogP contribution < -0.4 is 5.32 Å². The Morgan fingerprint density at radius 2 is 2.00 bits per heavy atom. The van der Waals surface area contributed by atoms with Crippen LogP contribution in [0.3, 0.4) is 0 Å². The molecule has 4 nitrogen and oxygen atoms in total. The summed E-state index contributed by atoms with van der Waals surface area (Å²) in [5.74, 6) is 0.608. The Bertz CT molecular complexity index is 833. The van der Waals surface area contributed by atoms with Crippen molar-refractivity contribution in [1.29, 1.82) is 0 Å². The molecule has 0 bridgehead atoms. The van der Waals surface area contributed by atoms with Crippen molar-refractivity contribution in [2.45, 2.75) is 71.3 Å². The van der Waals surface area contributed by atoms with E-state index < -0.39 is 0 Å². The molecule has 0 radical (unpaired) electrons. The topological polar surface area (TPSA) is 41.6 Å². The summed E-state index contributed by atoms with van der Waals surface area (Å²) in [4.78, 5) is 14.8. The maximum atomic E-state index is 12.1. The van der Waals surface area contributed by atoms with E-state index in [9.17, 15) is 4.79 Å². The Kier molecular flexibility index (Phi) is 8.76. The third kappa shape index (κ3) is 5.86. The molecule has 1 fully saturated rings. The van der Waals surface area contributed by atoms with Gasteiger partial charge in [-0.1, -0.05) is 32.9 Å². The number of carbonyl (C=O) groups is 1. The van der Waals surface area contributed by atoms with Crippen molar-refractivity contribution in [3.8, 4) is 0 Å². The summed E-state index contributed by atoms with van der Waals surface area (Å²) < 4.78 is 6.57. The first-order valence-electron chi connectivity index (χ1n) is 11.5. The van der Waals surface area contributed by atoms with Gasteiger partial charge < -0.3 is 9.64 Å². The summed E-state index contributed by atoms with van der Waals surface area (Å²) in [6.45, 7) is 9.47. The molecular formula is C25H36N2O2S. The number of likely N-dealkylation sites (tertiary alicyclic amines) is 1. The number of carbonyl (C=O) groups excluding carboxylic acids is 1. The molecule has 3 rings (SSSR count). The van der Waals surface area contributed by atoms with Gasteiger partial charge in [0.1, 0.15) is 0 Å². The van der Waals surface area contributed by atoms with Gasteiger partial charge in [-0.15, -0.1) is 11.3 Å². The molecule has 5 heteroatoms. The number of ether oxygens (including phenoxy) is 1. The van der Waals surface area contributed by atoms with Gasteiger partial charge in [-0.2, -0.15) is 0 Å². The Morgan fingerprint density at radius 1 is 1.23 bits per heavy atom. The number of rotatable bonds is 9. The van der Waals surface area contributed by atoms with Gasteiger partial charge in [0.05, 0.1) is 6.61 Å². The number of amides is 1. The number of nitrogens with zero attached hydrogens (tertiary/aromatic N) is 1. The third-order valence-electron chi connectivity index (χ3n) is 6.20. The summed E-state index contributed by atoms with van der Waals surface area (Å²) >= 11 is 1.81. The monoisotopic (exact) mass is 428 g/mol. The predicted octanol–water partition coefficient (Wildman–Crippen LogP) is 7.17. The van der Waals surface area contributed by atoms with Gasteiger partial charge in [-0.25, -0.2) is 4.79 Å². The van der Waals surface area contributed by atoms with E-state index in [-0.39, 0.29) is 6.09 Å². The number of hydrogen-bond acceptors (Lipinski definition) is 4. The second-order valence-corrected chi connectivity index (χ2v) is 9.02. The summed E-state index contributed by atoms with van der Waals surface area (Å²) in [5, 5.41) is 6.50. The lowest BCUT2D eigenvalue weighted by Crippen LogP contribution is -2.40. The number of nitrogens with one attached hydrogen (secondary N) is 1. The van der Waals surface area contributed by atoms with Gasteiger partial charge in [0, 0.05) is 16.4 Å². The average Bonchev–Trinajstić information content (AvgIpc) is 3.18. The van der Waals surface area contributed by atoms with Gasteiger partial charge in [-0.05, 0) is 92.1 Å². The molecule has 1 aromatic carbocycles. The Hall–Kier alpha value is -1.85. The van der Waals surface area contributed by atoms with Crippen LogP contribution >= 0.6 is 11.3 Å². The Morgan fingerprint density at radius 3 is 2.70 bits per heavy atom. The normalized spacial score (nSPS) is 16.0. The van der Waals surface area contributed by atoms with E-state index in [2.05, 4.69) is 54.6 Å². The standard InChI is InChI=1S/C25H36N2O2S/c1-4-7-8-9-16-29-25(28)26-20-10-11-24-22(17-20)23(18-30-24)19-12-14-27(15-13-19)21(5-2)6-3/h7-8,10-11,17-19,21H,4-6,9,12-16H2,1-3H3,(H,26,28). The van der Waals surface area contributed by atoms with Gasteiger partial charge in [0.15, 0.2) is 0 Å². The van der Waals surface area contributed by atoms with Crippen LogP contribution in [0.5, 0.6) is 0 Å². The summed E-state index contributed by atoms with van der Waals surface area (Å²) in [5.41, 5.74) is 2.26. The molecule has 0 aliphatic carbocycles. The molecule has 1 amide bonds. The largest absolute Gasteiger partial charge is 0.449 e. The Labute approximate surface area is 185 Å². The molecule has 0 unspecified atom stereocenters. The van der Waals surface area contributed by atoms with Crippen LogP contribution in [0.1, 0.15) is 70.8 Å². The number of piperidine rings is 1. The number of fused-ring (bicyclic) bond motifs is 1. The number of allylic oxidation sites excluding steroid dienone is 1. The highest BCUT2D eigenvalue weighted by molar-refractivity contribution is 7.17. The van der Waals surface area contributed by atoms with Crippen molar-refractivity contribution in [3.63, 3.8) is 0 Å². The molecule has 30 heavy (non-hydrogen) atoms. The molecule has 0 saturated carbocycles. The van der Waals surface area contributed by atoms with Crippen molar-refractivity contribution >= 4 is 33.2 Å². The quantitative estimate of drug-likeness (QED) is 0.340. The first-order chi connectivity index (χ1) is 14.7. The fourth-order valence-electron chi connectivity index (χ4n) is 4.48. The zero-order chi connectivity index (χ0) is 21.3. The SMILES string of the molecule is CCC=CCCOC(=O)Nc1ccc2scc(C3CCN(C(CC)CC)CC3)c2c1. The fraction of sp³-hybridized carbons (Fsp3) is 0.560. The Balaban J connectivity index is 1.61. The maximum absolute atomic E-state index is 12.1. The highest BCUT2D eigenvalue weighted by Crippen LogP contribution is 2.38. The average molecular weight is 429 g/mol. The summed E-state index contributed by atoms with van der Waals surface area (Å²) in [6, 6.07) is 6.93.